The van der Waals surface area contributed by atoms with Crippen LogP contribution in [0.4, 0.5) is 0 Å². The van der Waals surface area contributed by atoms with Crippen LogP contribution in [0.3, 0.4) is 0 Å². The van der Waals surface area contributed by atoms with Gasteiger partial charge in [-0.1, -0.05) is 49.9 Å². The highest BCUT2D eigenvalue weighted by Crippen LogP contribution is 2.20. The standard InChI is InChI=1S/C14H19N3S/c1-10(2)15-8-11(3)9-18-14-16-12-6-4-5-7-13(12)17-14/h4-7,10,15H,3,8-9H2,1-2H3,(H,16,17). The number of H-pyrrole nitrogens is 1. The normalized spacial score (nSPS) is 11.3. The van der Waals surface area contributed by atoms with Crippen LogP contribution in [0.25, 0.3) is 11.0 Å². The lowest BCUT2D eigenvalue weighted by atomic mass is 10.3. The summed E-state index contributed by atoms with van der Waals surface area (Å²) < 4.78 is 0. The van der Waals surface area contributed by atoms with Crippen molar-refractivity contribution < 1.29 is 0 Å². The van der Waals surface area contributed by atoms with Crippen molar-refractivity contribution in [2.75, 3.05) is 12.3 Å². The van der Waals surface area contributed by atoms with E-state index in [1.54, 1.807) is 11.8 Å². The SMILES string of the molecule is C=C(CNC(C)C)CSc1nc2ccccc2[nH]1. The molecule has 2 aromatic rings. The number of imidazole rings is 1. The quantitative estimate of drug-likeness (QED) is 0.619. The van der Waals surface area contributed by atoms with E-state index in [9.17, 15) is 0 Å². The van der Waals surface area contributed by atoms with Crippen LogP contribution in [-0.2, 0) is 0 Å². The molecule has 2 N–H and O–H groups in total. The van der Waals surface area contributed by atoms with Gasteiger partial charge in [-0.25, -0.2) is 4.98 Å². The average molecular weight is 261 g/mol. The Hall–Kier alpha value is -1.26. The summed E-state index contributed by atoms with van der Waals surface area (Å²) >= 11 is 1.70. The Kier molecular flexibility index (Phi) is 4.44. The van der Waals surface area contributed by atoms with Gasteiger partial charge in [0.15, 0.2) is 5.16 Å². The molecule has 0 spiro atoms. The third kappa shape index (κ3) is 3.62. The lowest BCUT2D eigenvalue weighted by Crippen LogP contribution is -2.25. The first-order valence-corrected chi connectivity index (χ1v) is 7.11. The van der Waals surface area contributed by atoms with Crippen LogP contribution in [0.1, 0.15) is 13.8 Å². The monoisotopic (exact) mass is 261 g/mol. The van der Waals surface area contributed by atoms with Gasteiger partial charge in [0.25, 0.3) is 0 Å². The Labute approximate surface area is 112 Å². The Bertz CT molecular complexity index is 498. The van der Waals surface area contributed by atoms with Crippen LogP contribution in [0.5, 0.6) is 0 Å². The first-order chi connectivity index (χ1) is 8.65. The molecule has 1 aromatic heterocycles. The number of benzene rings is 1. The number of thioether (sulfide) groups is 1. The summed E-state index contributed by atoms with van der Waals surface area (Å²) in [4.78, 5) is 7.83. The lowest BCUT2D eigenvalue weighted by molar-refractivity contribution is 0.623. The minimum Gasteiger partial charge on any atom is -0.333 e. The van der Waals surface area contributed by atoms with Crippen molar-refractivity contribution in [3.8, 4) is 0 Å². The number of aromatic amines is 1. The van der Waals surface area contributed by atoms with Gasteiger partial charge in [0.1, 0.15) is 0 Å². The van der Waals surface area contributed by atoms with Crippen LogP contribution in [-0.4, -0.2) is 28.3 Å². The molecule has 0 aliphatic carbocycles. The van der Waals surface area contributed by atoms with Gasteiger partial charge in [0.05, 0.1) is 11.0 Å². The van der Waals surface area contributed by atoms with Crippen molar-refractivity contribution in [2.45, 2.75) is 25.0 Å². The number of nitrogens with zero attached hydrogens (tertiary/aromatic N) is 1. The fourth-order valence-corrected chi connectivity index (χ4v) is 2.36. The van der Waals surface area contributed by atoms with Gasteiger partial charge in [-0.15, -0.1) is 0 Å². The van der Waals surface area contributed by atoms with E-state index in [-0.39, 0.29) is 0 Å². The number of rotatable bonds is 6. The molecule has 0 aliphatic rings. The molecule has 3 nitrogen and oxygen atoms in total. The van der Waals surface area contributed by atoms with Crippen LogP contribution < -0.4 is 5.32 Å². The second kappa shape index (κ2) is 6.07. The molecule has 0 aliphatic heterocycles. The number of para-hydroxylation sites is 2. The van der Waals surface area contributed by atoms with E-state index in [4.69, 9.17) is 0 Å². The molecular formula is C14H19N3S. The molecule has 0 radical (unpaired) electrons. The summed E-state index contributed by atoms with van der Waals surface area (Å²) in [6, 6.07) is 8.58. The van der Waals surface area contributed by atoms with E-state index in [0.29, 0.717) is 6.04 Å². The largest absolute Gasteiger partial charge is 0.333 e. The highest BCUT2D eigenvalue weighted by molar-refractivity contribution is 7.99. The maximum absolute atomic E-state index is 4.53. The molecule has 0 saturated heterocycles. The van der Waals surface area contributed by atoms with Crippen molar-refractivity contribution in [3.63, 3.8) is 0 Å². The van der Waals surface area contributed by atoms with Gasteiger partial charge in [-0.05, 0) is 12.1 Å². The van der Waals surface area contributed by atoms with Crippen LogP contribution >= 0.6 is 11.8 Å². The van der Waals surface area contributed by atoms with Gasteiger partial charge in [-0.2, -0.15) is 0 Å². The summed E-state index contributed by atoms with van der Waals surface area (Å²) in [7, 11) is 0. The fraction of sp³-hybridized carbons (Fsp3) is 0.357. The maximum atomic E-state index is 4.53. The Morgan fingerprint density at radius 1 is 1.44 bits per heavy atom. The predicted octanol–water partition coefficient (Wildman–Crippen LogP) is 3.21. The van der Waals surface area contributed by atoms with E-state index >= 15 is 0 Å². The van der Waals surface area contributed by atoms with Crippen molar-refractivity contribution in [1.29, 1.82) is 0 Å². The van der Waals surface area contributed by atoms with E-state index in [1.165, 1.54) is 5.57 Å². The van der Waals surface area contributed by atoms with E-state index in [1.807, 2.05) is 24.3 Å². The number of hydrogen-bond donors (Lipinski definition) is 2. The smallest absolute Gasteiger partial charge is 0.166 e. The second-order valence-corrected chi connectivity index (χ2v) is 5.60. The summed E-state index contributed by atoms with van der Waals surface area (Å²) in [5, 5.41) is 4.32. The molecule has 0 atom stereocenters. The Balaban J connectivity index is 1.88. The van der Waals surface area contributed by atoms with Gasteiger partial charge < -0.3 is 10.3 Å². The van der Waals surface area contributed by atoms with Crippen molar-refractivity contribution in [1.82, 2.24) is 15.3 Å². The molecule has 0 fully saturated rings. The molecule has 96 valence electrons. The Morgan fingerprint density at radius 2 is 2.22 bits per heavy atom. The third-order valence-corrected chi connectivity index (χ3v) is 3.56. The fourth-order valence-electron chi connectivity index (χ4n) is 1.57. The maximum Gasteiger partial charge on any atom is 0.166 e. The minimum atomic E-state index is 0.498. The molecule has 0 amide bonds. The van der Waals surface area contributed by atoms with Crippen molar-refractivity contribution in [2.24, 2.45) is 0 Å². The summed E-state index contributed by atoms with van der Waals surface area (Å²) in [5.41, 5.74) is 3.30. The second-order valence-electron chi connectivity index (χ2n) is 4.63. The summed E-state index contributed by atoms with van der Waals surface area (Å²) in [5.74, 6) is 0.888. The average Bonchev–Trinajstić information content (AvgIpc) is 2.76. The van der Waals surface area contributed by atoms with Crippen LogP contribution in [0.2, 0.25) is 0 Å². The molecule has 18 heavy (non-hydrogen) atoms. The van der Waals surface area contributed by atoms with E-state index in [0.717, 1.165) is 28.5 Å². The van der Waals surface area contributed by atoms with Gasteiger partial charge in [-0.3, -0.25) is 0 Å². The molecule has 0 bridgehead atoms. The van der Waals surface area contributed by atoms with E-state index in [2.05, 4.69) is 35.7 Å². The molecule has 0 unspecified atom stereocenters. The molecule has 1 aromatic carbocycles. The summed E-state index contributed by atoms with van der Waals surface area (Å²) in [6.45, 7) is 9.21. The predicted molar refractivity (Wildman–Crippen MR) is 79.1 cm³/mol. The first kappa shape index (κ1) is 13.2. The van der Waals surface area contributed by atoms with Crippen LogP contribution in [0, 0.1) is 0 Å². The summed E-state index contributed by atoms with van der Waals surface area (Å²) in [6.07, 6.45) is 0. The van der Waals surface area contributed by atoms with Gasteiger partial charge in [0, 0.05) is 18.3 Å². The lowest BCUT2D eigenvalue weighted by Gasteiger charge is -2.09. The van der Waals surface area contributed by atoms with E-state index < -0.39 is 0 Å². The Morgan fingerprint density at radius 3 is 2.94 bits per heavy atom. The molecule has 0 saturated carbocycles. The van der Waals surface area contributed by atoms with Crippen molar-refractivity contribution in [3.05, 3.63) is 36.4 Å². The third-order valence-electron chi connectivity index (χ3n) is 2.54. The van der Waals surface area contributed by atoms with Crippen molar-refractivity contribution >= 4 is 22.8 Å². The molecule has 1 heterocycles. The zero-order valence-electron chi connectivity index (χ0n) is 10.9. The molecule has 2 rings (SSSR count). The highest BCUT2D eigenvalue weighted by atomic mass is 32.2. The van der Waals surface area contributed by atoms with Crippen LogP contribution in [0.15, 0.2) is 41.6 Å². The molecule has 4 heteroatoms. The molecular weight excluding hydrogens is 242 g/mol. The minimum absolute atomic E-state index is 0.498. The number of hydrogen-bond acceptors (Lipinski definition) is 3. The van der Waals surface area contributed by atoms with Gasteiger partial charge in [0.2, 0.25) is 0 Å². The highest BCUT2D eigenvalue weighted by Gasteiger charge is 2.03. The van der Waals surface area contributed by atoms with Gasteiger partial charge >= 0.3 is 0 Å². The number of aromatic nitrogens is 2. The topological polar surface area (TPSA) is 40.7 Å². The zero-order chi connectivity index (χ0) is 13.0. The number of nitrogens with one attached hydrogen (secondary N) is 2. The zero-order valence-corrected chi connectivity index (χ0v) is 11.7. The number of fused-ring (bicyclic) bond motifs is 1. The first-order valence-electron chi connectivity index (χ1n) is 6.12.